The Bertz CT molecular complexity index is 871. The third-order valence-electron chi connectivity index (χ3n) is 3.03. The van der Waals surface area contributed by atoms with Gasteiger partial charge >= 0.3 is 35.5 Å². The maximum atomic E-state index is 11.1. The van der Waals surface area contributed by atoms with E-state index in [4.69, 9.17) is 9.84 Å². The van der Waals surface area contributed by atoms with Crippen LogP contribution in [0.3, 0.4) is 0 Å². The fraction of sp³-hybridized carbons (Fsp3) is 0.125. The van der Waals surface area contributed by atoms with Crippen molar-refractivity contribution in [3.05, 3.63) is 59.7 Å². The molecule has 2 N–H and O–H groups in total. The number of hydrogen-bond donors (Lipinski definition) is 2. The molecule has 2 aromatic carbocycles. The Labute approximate surface area is 168 Å². The summed E-state index contributed by atoms with van der Waals surface area (Å²) in [4.78, 5) is 22.1. The minimum absolute atomic E-state index is 0. The summed E-state index contributed by atoms with van der Waals surface area (Å²) in [6.45, 7) is 2.11. The van der Waals surface area contributed by atoms with Gasteiger partial charge < -0.3 is 11.3 Å². The summed E-state index contributed by atoms with van der Waals surface area (Å²) in [5.41, 5.74) is 0.673. The third-order valence-corrected chi connectivity index (χ3v) is 4.42. The summed E-state index contributed by atoms with van der Waals surface area (Å²) >= 11 is 0. The summed E-state index contributed by atoms with van der Waals surface area (Å²) in [7, 11) is -3.55. The number of nitrogens with one attached hydrogen (secondary N) is 1. The van der Waals surface area contributed by atoms with Crippen LogP contribution in [0.15, 0.2) is 53.4 Å². The minimum atomic E-state index is -3.55. The Balaban J connectivity index is 0.000000446. The molecule has 0 bridgehead atoms. The van der Waals surface area contributed by atoms with E-state index in [1.807, 2.05) is 4.72 Å². The second-order valence-corrected chi connectivity index (χ2v) is 6.35. The fourth-order valence-electron chi connectivity index (χ4n) is 1.93. The summed E-state index contributed by atoms with van der Waals surface area (Å²) in [6, 6.07) is 12.0. The minimum Gasteiger partial charge on any atom is -1.00 e. The van der Waals surface area contributed by atoms with Gasteiger partial charge in [-0.1, -0.05) is 12.1 Å². The zero-order valence-electron chi connectivity index (χ0n) is 14.7. The van der Waals surface area contributed by atoms with E-state index in [9.17, 15) is 18.0 Å². The quantitative estimate of drug-likeness (QED) is 0.506. The van der Waals surface area contributed by atoms with Gasteiger partial charge in [0, 0.05) is 0 Å². The SMILES string of the molecule is CCOC(=O)c1ccc(O)cc1.O=C1NS(=O)(=O)c2ccccc21.[H-].[Na+]. The van der Waals surface area contributed by atoms with Crippen LogP contribution in [0.5, 0.6) is 5.75 Å². The predicted molar refractivity (Wildman–Crippen MR) is 86.3 cm³/mol. The Hall–Kier alpha value is -1.87. The molecule has 9 heteroatoms. The molecule has 7 nitrogen and oxygen atoms in total. The second-order valence-electron chi connectivity index (χ2n) is 4.70. The molecule has 0 fully saturated rings. The van der Waals surface area contributed by atoms with Gasteiger partial charge in [0.1, 0.15) is 10.6 Å². The average Bonchev–Trinajstić information content (AvgIpc) is 2.79. The maximum Gasteiger partial charge on any atom is 1.00 e. The molecule has 128 valence electrons. The summed E-state index contributed by atoms with van der Waals surface area (Å²) in [5.74, 6) is -0.772. The van der Waals surface area contributed by atoms with Crippen LogP contribution >= 0.6 is 0 Å². The first kappa shape index (κ1) is 21.2. The fourth-order valence-corrected chi connectivity index (χ4v) is 3.10. The number of carbonyl (C=O) groups is 2. The van der Waals surface area contributed by atoms with Crippen LogP contribution < -0.4 is 34.3 Å². The largest absolute Gasteiger partial charge is 1.00 e. The first-order valence-corrected chi connectivity index (χ1v) is 8.46. The molecule has 1 aliphatic heterocycles. The van der Waals surface area contributed by atoms with Gasteiger partial charge in [-0.15, -0.1) is 0 Å². The van der Waals surface area contributed by atoms with Crippen molar-refractivity contribution in [2.24, 2.45) is 0 Å². The zero-order chi connectivity index (χ0) is 17.7. The van der Waals surface area contributed by atoms with Crippen LogP contribution in [0.4, 0.5) is 0 Å². The Kier molecular flexibility index (Phi) is 7.62. The number of phenols is 1. The summed E-state index contributed by atoms with van der Waals surface area (Å²) in [5, 5.41) is 8.92. The number of aromatic hydroxyl groups is 1. The molecule has 3 rings (SSSR count). The number of fused-ring (bicyclic) bond motifs is 1. The smallest absolute Gasteiger partial charge is 1.00 e. The topological polar surface area (TPSA) is 110 Å². The molecule has 1 aliphatic rings. The molecular weight excluding hydrogens is 357 g/mol. The van der Waals surface area contributed by atoms with Crippen molar-refractivity contribution in [1.29, 1.82) is 0 Å². The molecule has 0 aromatic heterocycles. The Morgan fingerprint density at radius 2 is 1.76 bits per heavy atom. The van der Waals surface area contributed by atoms with E-state index >= 15 is 0 Å². The summed E-state index contributed by atoms with van der Waals surface area (Å²) in [6.07, 6.45) is 0. The van der Waals surface area contributed by atoms with Crippen LogP contribution in [0.2, 0.25) is 0 Å². The number of phenolic OH excluding ortho intramolecular Hbond substituents is 1. The van der Waals surface area contributed by atoms with Gasteiger partial charge in [0.05, 0.1) is 17.7 Å². The molecular formula is C16H16NNaO6S. The van der Waals surface area contributed by atoms with E-state index in [0.717, 1.165) is 0 Å². The first-order valence-electron chi connectivity index (χ1n) is 6.97. The van der Waals surface area contributed by atoms with E-state index in [1.54, 1.807) is 19.1 Å². The molecule has 1 heterocycles. The van der Waals surface area contributed by atoms with E-state index in [0.29, 0.717) is 12.2 Å². The monoisotopic (exact) mass is 373 g/mol. The zero-order valence-corrected chi connectivity index (χ0v) is 16.5. The molecule has 0 atom stereocenters. The number of ether oxygens (including phenoxy) is 1. The standard InChI is InChI=1S/C9H10O3.C7H5NO3S.Na.H/c1-2-12-9(11)7-3-5-8(10)6-4-7;9-7-5-3-1-2-4-6(5)12(10,11)8-7;;/h3-6,10H,2H2,1H3;1-4H,(H,8,9);;/q;;+1;-1. The number of hydrogen-bond acceptors (Lipinski definition) is 6. The molecule has 0 saturated heterocycles. The van der Waals surface area contributed by atoms with Gasteiger partial charge in [-0.3, -0.25) is 4.79 Å². The molecule has 0 radical (unpaired) electrons. The molecule has 2 aromatic rings. The van der Waals surface area contributed by atoms with Crippen LogP contribution in [0.25, 0.3) is 0 Å². The van der Waals surface area contributed by atoms with E-state index in [1.165, 1.54) is 36.4 Å². The number of rotatable bonds is 2. The summed E-state index contributed by atoms with van der Waals surface area (Å²) < 4.78 is 28.9. The van der Waals surface area contributed by atoms with Crippen LogP contribution in [0, 0.1) is 0 Å². The number of carbonyl (C=O) groups excluding carboxylic acids is 2. The molecule has 0 aliphatic carbocycles. The number of esters is 1. The van der Waals surface area contributed by atoms with Gasteiger partial charge in [-0.2, -0.15) is 0 Å². The molecule has 0 spiro atoms. The van der Waals surface area contributed by atoms with Gasteiger partial charge in [0.25, 0.3) is 15.9 Å². The average molecular weight is 373 g/mol. The second kappa shape index (κ2) is 9.00. The van der Waals surface area contributed by atoms with Gasteiger partial charge in [0.2, 0.25) is 0 Å². The van der Waals surface area contributed by atoms with Crippen LogP contribution in [-0.4, -0.2) is 32.0 Å². The van der Waals surface area contributed by atoms with Crippen molar-refractivity contribution in [2.45, 2.75) is 11.8 Å². The molecule has 0 saturated carbocycles. The number of amides is 1. The normalized spacial score (nSPS) is 13.4. The van der Waals surface area contributed by atoms with Gasteiger partial charge in [-0.25, -0.2) is 17.9 Å². The van der Waals surface area contributed by atoms with Crippen molar-refractivity contribution in [2.75, 3.05) is 6.61 Å². The van der Waals surface area contributed by atoms with Crippen molar-refractivity contribution in [3.63, 3.8) is 0 Å². The molecule has 25 heavy (non-hydrogen) atoms. The number of benzene rings is 2. The molecule has 0 unspecified atom stereocenters. The Morgan fingerprint density at radius 1 is 1.16 bits per heavy atom. The first-order chi connectivity index (χ1) is 11.3. The maximum absolute atomic E-state index is 11.1. The predicted octanol–water partition coefficient (Wildman–Crippen LogP) is -1.20. The van der Waals surface area contributed by atoms with E-state index < -0.39 is 15.9 Å². The Morgan fingerprint density at radius 3 is 2.32 bits per heavy atom. The molecule has 1 amide bonds. The van der Waals surface area contributed by atoms with Crippen LogP contribution in [-0.2, 0) is 14.8 Å². The van der Waals surface area contributed by atoms with Crippen molar-refractivity contribution in [1.82, 2.24) is 4.72 Å². The van der Waals surface area contributed by atoms with Crippen molar-refractivity contribution >= 4 is 21.9 Å². The van der Waals surface area contributed by atoms with Crippen LogP contribution in [0.1, 0.15) is 29.1 Å². The third kappa shape index (κ3) is 5.30. The number of sulfonamides is 1. The van der Waals surface area contributed by atoms with Crippen molar-refractivity contribution < 1.29 is 58.8 Å². The van der Waals surface area contributed by atoms with Crippen molar-refractivity contribution in [3.8, 4) is 5.75 Å². The van der Waals surface area contributed by atoms with E-state index in [2.05, 4.69) is 0 Å². The van der Waals surface area contributed by atoms with Gasteiger partial charge in [0.15, 0.2) is 0 Å². The van der Waals surface area contributed by atoms with E-state index in [-0.39, 0.29) is 53.2 Å². The van der Waals surface area contributed by atoms with Gasteiger partial charge in [-0.05, 0) is 43.3 Å².